The van der Waals surface area contributed by atoms with E-state index in [1.54, 1.807) is 0 Å². The van der Waals surface area contributed by atoms with Crippen molar-refractivity contribution in [1.29, 1.82) is 0 Å². The van der Waals surface area contributed by atoms with E-state index < -0.39 is 0 Å². The van der Waals surface area contributed by atoms with Crippen LogP contribution in [0.25, 0.3) is 0 Å². The van der Waals surface area contributed by atoms with Crippen LogP contribution in [0.5, 0.6) is 0 Å². The molecule has 0 radical (unpaired) electrons. The Bertz CT molecular complexity index is 591. The van der Waals surface area contributed by atoms with Crippen LogP contribution in [0.15, 0.2) is 42.5 Å². The molecule has 0 spiro atoms. The largest absolute Gasteiger partial charge is 0.340 e. The normalized spacial score (nSPS) is 12.2. The zero-order valence-corrected chi connectivity index (χ0v) is 13.7. The van der Waals surface area contributed by atoms with Gasteiger partial charge in [-0.25, -0.2) is 0 Å². The molecular weight excluding hydrogens is 280 g/mol. The van der Waals surface area contributed by atoms with E-state index in [0.717, 1.165) is 29.4 Å². The summed E-state index contributed by atoms with van der Waals surface area (Å²) in [7, 11) is 0. The van der Waals surface area contributed by atoms with Gasteiger partial charge in [-0.05, 0) is 51.0 Å². The Labute approximate surface area is 132 Å². The average molecular weight is 303 g/mol. The maximum atomic E-state index is 6.49. The molecule has 2 aromatic carbocycles. The molecule has 0 aromatic heterocycles. The Morgan fingerprint density at radius 1 is 1.14 bits per heavy atom. The number of hydrogen-bond donors (Lipinski definition) is 1. The minimum absolute atomic E-state index is 0.110. The molecule has 0 saturated heterocycles. The first-order chi connectivity index (χ1) is 10.0. The van der Waals surface area contributed by atoms with Crippen molar-refractivity contribution in [3.63, 3.8) is 0 Å². The second kappa shape index (κ2) is 6.97. The van der Waals surface area contributed by atoms with Gasteiger partial charge in [0.15, 0.2) is 0 Å². The summed E-state index contributed by atoms with van der Waals surface area (Å²) in [5.41, 5.74) is 10.7. The first-order valence-electron chi connectivity index (χ1n) is 7.40. The highest BCUT2D eigenvalue weighted by Crippen LogP contribution is 2.35. The summed E-state index contributed by atoms with van der Waals surface area (Å²) in [6.07, 6.45) is 0.818. The van der Waals surface area contributed by atoms with Crippen LogP contribution in [0.1, 0.15) is 25.0 Å². The molecule has 0 aliphatic carbocycles. The maximum absolute atomic E-state index is 6.49. The maximum Gasteiger partial charge on any atom is 0.0645 e. The molecule has 3 heteroatoms. The van der Waals surface area contributed by atoms with Crippen LogP contribution >= 0.6 is 11.6 Å². The van der Waals surface area contributed by atoms with Gasteiger partial charge >= 0.3 is 0 Å². The van der Waals surface area contributed by atoms with Gasteiger partial charge in [-0.3, -0.25) is 0 Å². The second-order valence-electron chi connectivity index (χ2n) is 5.51. The number of anilines is 2. The summed E-state index contributed by atoms with van der Waals surface area (Å²) < 4.78 is 0. The molecule has 0 saturated carbocycles. The molecule has 2 N–H and O–H groups in total. The van der Waals surface area contributed by atoms with Crippen molar-refractivity contribution in [2.45, 2.75) is 33.2 Å². The van der Waals surface area contributed by atoms with Crippen molar-refractivity contribution in [1.82, 2.24) is 0 Å². The van der Waals surface area contributed by atoms with E-state index in [1.807, 2.05) is 19.1 Å². The van der Waals surface area contributed by atoms with Crippen LogP contribution in [0, 0.1) is 6.92 Å². The highest BCUT2D eigenvalue weighted by atomic mass is 35.5. The van der Waals surface area contributed by atoms with Gasteiger partial charge in [0.05, 0.1) is 10.7 Å². The average Bonchev–Trinajstić information content (AvgIpc) is 2.43. The van der Waals surface area contributed by atoms with Crippen molar-refractivity contribution in [2.24, 2.45) is 5.73 Å². The second-order valence-corrected chi connectivity index (χ2v) is 5.92. The lowest BCUT2D eigenvalue weighted by atomic mass is 10.0. The molecule has 1 unspecified atom stereocenters. The van der Waals surface area contributed by atoms with E-state index in [4.69, 9.17) is 17.3 Å². The molecule has 21 heavy (non-hydrogen) atoms. The highest BCUT2D eigenvalue weighted by molar-refractivity contribution is 6.33. The van der Waals surface area contributed by atoms with Crippen molar-refractivity contribution in [3.8, 4) is 0 Å². The summed E-state index contributed by atoms with van der Waals surface area (Å²) >= 11 is 6.49. The molecule has 2 aromatic rings. The van der Waals surface area contributed by atoms with Crippen LogP contribution in [0.3, 0.4) is 0 Å². The third kappa shape index (κ3) is 3.78. The van der Waals surface area contributed by atoms with Crippen molar-refractivity contribution < 1.29 is 0 Å². The van der Waals surface area contributed by atoms with Crippen LogP contribution in [-0.2, 0) is 6.42 Å². The molecule has 2 nitrogen and oxygen atoms in total. The minimum atomic E-state index is 0.110. The monoisotopic (exact) mass is 302 g/mol. The van der Waals surface area contributed by atoms with Gasteiger partial charge in [0, 0.05) is 18.3 Å². The number of nitrogens with two attached hydrogens (primary N) is 1. The standard InChI is InChI=1S/C18H23ClN2/c1-4-21(16-10-8-13(2)9-11-16)18-15(12-14(3)20)6-5-7-17(18)19/h5-11,14H,4,12,20H2,1-3H3. The fourth-order valence-electron chi connectivity index (χ4n) is 2.57. The third-order valence-electron chi connectivity index (χ3n) is 3.54. The van der Waals surface area contributed by atoms with Gasteiger partial charge in [0.2, 0.25) is 0 Å². The first-order valence-corrected chi connectivity index (χ1v) is 7.78. The van der Waals surface area contributed by atoms with E-state index >= 15 is 0 Å². The lowest BCUT2D eigenvalue weighted by Crippen LogP contribution is -2.22. The Morgan fingerprint density at radius 3 is 2.38 bits per heavy atom. The van der Waals surface area contributed by atoms with Crippen LogP contribution < -0.4 is 10.6 Å². The molecule has 0 aliphatic rings. The zero-order valence-electron chi connectivity index (χ0n) is 12.9. The molecule has 2 rings (SSSR count). The third-order valence-corrected chi connectivity index (χ3v) is 3.85. The number of benzene rings is 2. The van der Waals surface area contributed by atoms with Crippen molar-refractivity contribution >= 4 is 23.0 Å². The highest BCUT2D eigenvalue weighted by Gasteiger charge is 2.16. The summed E-state index contributed by atoms with van der Waals surface area (Å²) in [5.74, 6) is 0. The molecule has 0 heterocycles. The Kier molecular flexibility index (Phi) is 5.27. The van der Waals surface area contributed by atoms with Gasteiger partial charge in [-0.2, -0.15) is 0 Å². The predicted octanol–water partition coefficient (Wildman–Crippen LogP) is 4.70. The fourth-order valence-corrected chi connectivity index (χ4v) is 2.86. The number of halogens is 1. The van der Waals surface area contributed by atoms with Gasteiger partial charge in [0.1, 0.15) is 0 Å². The van der Waals surface area contributed by atoms with E-state index in [-0.39, 0.29) is 6.04 Å². The van der Waals surface area contributed by atoms with E-state index in [1.165, 1.54) is 11.1 Å². The van der Waals surface area contributed by atoms with E-state index in [0.29, 0.717) is 0 Å². The number of nitrogens with zero attached hydrogens (tertiary/aromatic N) is 1. The number of aryl methyl sites for hydroxylation is 1. The zero-order chi connectivity index (χ0) is 15.4. The van der Waals surface area contributed by atoms with Crippen molar-refractivity contribution in [3.05, 3.63) is 58.6 Å². The Hall–Kier alpha value is -1.51. The quantitative estimate of drug-likeness (QED) is 0.867. The minimum Gasteiger partial charge on any atom is -0.340 e. The topological polar surface area (TPSA) is 29.3 Å². The predicted molar refractivity (Wildman–Crippen MR) is 92.7 cm³/mol. The summed E-state index contributed by atoms with van der Waals surface area (Å²) in [5, 5.41) is 0.774. The van der Waals surface area contributed by atoms with E-state index in [9.17, 15) is 0 Å². The summed E-state index contributed by atoms with van der Waals surface area (Å²) in [6, 6.07) is 14.7. The number of hydrogen-bond acceptors (Lipinski definition) is 2. The van der Waals surface area contributed by atoms with Crippen molar-refractivity contribution in [2.75, 3.05) is 11.4 Å². The summed E-state index contributed by atoms with van der Waals surface area (Å²) in [4.78, 5) is 2.25. The number of rotatable bonds is 5. The lowest BCUT2D eigenvalue weighted by Gasteiger charge is -2.27. The van der Waals surface area contributed by atoms with E-state index in [2.05, 4.69) is 49.1 Å². The van der Waals surface area contributed by atoms with Gasteiger partial charge in [-0.15, -0.1) is 0 Å². The Balaban J connectivity index is 2.48. The SMILES string of the molecule is CCN(c1ccc(C)cc1)c1c(Cl)cccc1CC(C)N. The molecule has 1 atom stereocenters. The number of para-hydroxylation sites is 1. The van der Waals surface area contributed by atoms with Gasteiger partial charge in [-0.1, -0.05) is 41.4 Å². The lowest BCUT2D eigenvalue weighted by molar-refractivity contribution is 0.736. The van der Waals surface area contributed by atoms with Gasteiger partial charge in [0.25, 0.3) is 0 Å². The molecule has 0 fully saturated rings. The smallest absolute Gasteiger partial charge is 0.0645 e. The van der Waals surface area contributed by atoms with Crippen LogP contribution in [-0.4, -0.2) is 12.6 Å². The first kappa shape index (κ1) is 15.9. The Morgan fingerprint density at radius 2 is 1.81 bits per heavy atom. The molecule has 0 bridgehead atoms. The van der Waals surface area contributed by atoms with Crippen LogP contribution in [0.2, 0.25) is 5.02 Å². The molecule has 0 amide bonds. The van der Waals surface area contributed by atoms with Crippen LogP contribution in [0.4, 0.5) is 11.4 Å². The molecule has 0 aliphatic heterocycles. The molecule has 112 valence electrons. The summed E-state index contributed by atoms with van der Waals surface area (Å²) in [6.45, 7) is 7.11. The molecular formula is C18H23ClN2. The van der Waals surface area contributed by atoms with Gasteiger partial charge < -0.3 is 10.6 Å². The fraction of sp³-hybridized carbons (Fsp3) is 0.333.